The predicted molar refractivity (Wildman–Crippen MR) is 155 cm³/mol. The molecule has 2 N–H and O–H groups in total. The van der Waals surface area contributed by atoms with Crippen LogP contribution >= 0.6 is 22.4 Å². The first-order valence-electron chi connectivity index (χ1n) is 12.2. The van der Waals surface area contributed by atoms with Crippen LogP contribution in [0.15, 0.2) is 84.9 Å². The van der Waals surface area contributed by atoms with Crippen molar-refractivity contribution in [3.8, 4) is 22.3 Å². The highest BCUT2D eigenvalue weighted by Crippen LogP contribution is 2.62. The number of aliphatic hydroxyl groups is 2. The average Bonchev–Trinajstić information content (AvgIpc) is 3.38. The van der Waals surface area contributed by atoms with Crippen LogP contribution in [0.5, 0.6) is 0 Å². The molecule has 6 rings (SSSR count). The molecule has 0 fully saturated rings. The molecule has 178 valence electrons. The van der Waals surface area contributed by atoms with Gasteiger partial charge in [0.1, 0.15) is 0 Å². The van der Waals surface area contributed by atoms with E-state index in [0.29, 0.717) is 20.7 Å². The molecule has 36 heavy (non-hydrogen) atoms. The van der Waals surface area contributed by atoms with Crippen LogP contribution in [0.25, 0.3) is 22.3 Å². The molecule has 4 aromatic rings. The molecule has 0 radical (unpaired) electrons. The highest BCUT2D eigenvalue weighted by atomic mass is 127. The Morgan fingerprint density at radius 1 is 0.694 bits per heavy atom. The zero-order valence-corrected chi connectivity index (χ0v) is 21.9. The highest BCUT2D eigenvalue weighted by Gasteiger charge is 2.51. The molecule has 2 aliphatic carbocycles. The Morgan fingerprint density at radius 2 is 1.28 bits per heavy atom. The van der Waals surface area contributed by atoms with E-state index in [-0.39, 0.29) is 18.0 Å². The number of hydrogen-bond donors (Lipinski definition) is 2. The van der Waals surface area contributed by atoms with Gasteiger partial charge in [-0.05, 0) is 50.0 Å². The second-order valence-corrected chi connectivity index (χ2v) is 10.3. The van der Waals surface area contributed by atoms with Gasteiger partial charge in [-0.25, -0.2) is 0 Å². The minimum absolute atomic E-state index is 0.00169. The normalized spacial score (nSPS) is 16.4. The Labute approximate surface area is 225 Å². The first-order valence-corrected chi connectivity index (χ1v) is 13.5. The number of halogens is 1. The smallest absolute Gasteiger partial charge is 0.400 e. The summed E-state index contributed by atoms with van der Waals surface area (Å²) in [6, 6.07) is 30.8. The van der Waals surface area contributed by atoms with Crippen molar-refractivity contribution in [3.63, 3.8) is 0 Å². The van der Waals surface area contributed by atoms with E-state index in [4.69, 9.17) is 9.31 Å². The molecule has 7 heteroatoms. The van der Waals surface area contributed by atoms with Gasteiger partial charge in [-0.1, -0.05) is 90.4 Å². The van der Waals surface area contributed by atoms with Gasteiger partial charge < -0.3 is 19.5 Å². The van der Waals surface area contributed by atoms with Crippen LogP contribution in [0.4, 0.5) is 0 Å². The topological polar surface area (TPSA) is 58.9 Å². The van der Waals surface area contributed by atoms with Gasteiger partial charge in [0.15, 0.2) is 0 Å². The standard InChI is InChI=1S/C29H25B2IO4/c32-31(36-16-14-34)20-10-12-24-22-6-2-4-8-26(22)29(28(24)18-20)25-7-3-1-5-21(25)23-11-9-19(17-27(23)29)30-35-15-13-33/h1-12,17-18,30,33-34H,13-16H2. The first kappa shape index (κ1) is 23.9. The Morgan fingerprint density at radius 3 is 1.94 bits per heavy atom. The number of aliphatic hydroxyl groups excluding tert-OH is 2. The van der Waals surface area contributed by atoms with Gasteiger partial charge in [0.2, 0.25) is 0 Å². The SMILES string of the molecule is OCCOBc1ccc2c(c1)C1(c3ccccc3-2)c2ccccc2-c2ccc(B(I)OCCO)cc21. The number of rotatable bonds is 8. The summed E-state index contributed by atoms with van der Waals surface area (Å²) in [6.07, 6.45) is 0. The number of fused-ring (bicyclic) bond motifs is 10. The van der Waals surface area contributed by atoms with Gasteiger partial charge in [-0.2, -0.15) is 0 Å². The summed E-state index contributed by atoms with van der Waals surface area (Å²) in [7, 11) is 0.458. The van der Waals surface area contributed by atoms with Gasteiger partial charge in [0.05, 0.1) is 31.8 Å². The zero-order chi connectivity index (χ0) is 24.7. The van der Waals surface area contributed by atoms with E-state index in [1.807, 2.05) is 0 Å². The maximum atomic E-state index is 9.27. The zero-order valence-electron chi connectivity index (χ0n) is 19.8. The molecule has 0 heterocycles. The van der Waals surface area contributed by atoms with Crippen molar-refractivity contribution in [2.24, 2.45) is 0 Å². The lowest BCUT2D eigenvalue weighted by Crippen LogP contribution is -2.32. The van der Waals surface area contributed by atoms with Crippen molar-refractivity contribution >= 4 is 45.6 Å². The fourth-order valence-electron chi connectivity index (χ4n) is 5.94. The Kier molecular flexibility index (Phi) is 6.52. The van der Waals surface area contributed by atoms with E-state index in [1.165, 1.54) is 44.5 Å². The second-order valence-electron chi connectivity index (χ2n) is 9.21. The Balaban J connectivity index is 1.62. The molecule has 0 aromatic heterocycles. The molecule has 1 spiro atoms. The van der Waals surface area contributed by atoms with Crippen molar-refractivity contribution in [2.75, 3.05) is 26.4 Å². The lowest BCUT2D eigenvalue weighted by molar-refractivity contribution is 0.208. The van der Waals surface area contributed by atoms with E-state index in [0.717, 1.165) is 10.9 Å². The minimum atomic E-state index is -0.436. The molecule has 0 aliphatic heterocycles. The Bertz CT molecular complexity index is 1430. The lowest BCUT2D eigenvalue weighted by atomic mass is 9.68. The van der Waals surface area contributed by atoms with E-state index in [2.05, 4.69) is 107 Å². The van der Waals surface area contributed by atoms with Gasteiger partial charge >= 0.3 is 12.3 Å². The van der Waals surface area contributed by atoms with Gasteiger partial charge in [-0.15, -0.1) is 22.4 Å². The fraction of sp³-hybridized carbons (Fsp3) is 0.172. The number of benzene rings is 4. The first-order chi connectivity index (χ1) is 17.7. The largest absolute Gasteiger partial charge is 0.432 e. The average molecular weight is 586 g/mol. The molecular formula is C29H25B2IO4. The summed E-state index contributed by atoms with van der Waals surface area (Å²) < 4.78 is 11.4. The predicted octanol–water partition coefficient (Wildman–Crippen LogP) is 3.15. The van der Waals surface area contributed by atoms with Gasteiger partial charge in [0.25, 0.3) is 0 Å². The van der Waals surface area contributed by atoms with Crippen LogP contribution in [0.1, 0.15) is 22.3 Å². The van der Waals surface area contributed by atoms with Crippen LogP contribution < -0.4 is 10.9 Å². The summed E-state index contributed by atoms with van der Waals surface area (Å²) in [5, 5.41) is 18.5. The molecular weight excluding hydrogens is 561 g/mol. The van der Waals surface area contributed by atoms with Crippen LogP contribution in [0.3, 0.4) is 0 Å². The van der Waals surface area contributed by atoms with Gasteiger partial charge in [-0.3, -0.25) is 0 Å². The van der Waals surface area contributed by atoms with Crippen molar-refractivity contribution in [2.45, 2.75) is 5.41 Å². The van der Waals surface area contributed by atoms with Crippen molar-refractivity contribution < 1.29 is 19.5 Å². The van der Waals surface area contributed by atoms with E-state index in [1.54, 1.807) is 0 Å². The van der Waals surface area contributed by atoms with Crippen LogP contribution in [-0.2, 0) is 14.7 Å². The molecule has 0 amide bonds. The maximum absolute atomic E-state index is 9.27. The molecule has 0 saturated carbocycles. The van der Waals surface area contributed by atoms with Crippen molar-refractivity contribution in [3.05, 3.63) is 107 Å². The van der Waals surface area contributed by atoms with E-state index >= 15 is 0 Å². The lowest BCUT2D eigenvalue weighted by Gasteiger charge is -2.31. The van der Waals surface area contributed by atoms with E-state index < -0.39 is 5.41 Å². The van der Waals surface area contributed by atoms with E-state index in [9.17, 15) is 10.2 Å². The Hall–Kier alpha value is -2.42. The quantitative estimate of drug-likeness (QED) is 0.164. The van der Waals surface area contributed by atoms with Gasteiger partial charge in [0, 0.05) is 0 Å². The second kappa shape index (κ2) is 9.80. The molecule has 4 aromatic carbocycles. The molecule has 0 bridgehead atoms. The number of hydrogen-bond acceptors (Lipinski definition) is 4. The summed E-state index contributed by atoms with van der Waals surface area (Å²) in [5.41, 5.74) is 11.8. The van der Waals surface area contributed by atoms with Crippen LogP contribution in [0.2, 0.25) is 0 Å². The maximum Gasteiger partial charge on any atom is 0.400 e. The summed E-state index contributed by atoms with van der Waals surface area (Å²) in [6.45, 7) is 0.642. The highest BCUT2D eigenvalue weighted by molar-refractivity contribution is 14.1. The third-order valence-electron chi connectivity index (χ3n) is 7.30. The monoisotopic (exact) mass is 586 g/mol. The summed E-state index contributed by atoms with van der Waals surface area (Å²) >= 11 is 2.30. The fourth-order valence-corrected chi connectivity index (χ4v) is 6.58. The molecule has 4 nitrogen and oxygen atoms in total. The van der Waals surface area contributed by atoms with Crippen LogP contribution in [-0.4, -0.2) is 48.9 Å². The molecule has 1 atom stereocenters. The minimum Gasteiger partial charge on any atom is -0.432 e. The molecule has 0 saturated heterocycles. The summed E-state index contributed by atoms with van der Waals surface area (Å²) in [5.74, 6) is 0. The third kappa shape index (κ3) is 3.60. The van der Waals surface area contributed by atoms with Crippen molar-refractivity contribution in [1.82, 2.24) is 0 Å². The summed E-state index contributed by atoms with van der Waals surface area (Å²) in [4.78, 5) is 0. The molecule has 1 unspecified atom stereocenters. The van der Waals surface area contributed by atoms with Crippen LogP contribution in [0, 0.1) is 0 Å². The molecule has 2 aliphatic rings. The third-order valence-corrected chi connectivity index (χ3v) is 8.38. The van der Waals surface area contributed by atoms with Crippen molar-refractivity contribution in [1.29, 1.82) is 0 Å².